The molecule has 8 nitrogen and oxygen atoms in total. The molecule has 0 aliphatic carbocycles. The highest BCUT2D eigenvalue weighted by atomic mass is 16.6. The fourth-order valence-electron chi connectivity index (χ4n) is 6.09. The van der Waals surface area contributed by atoms with Crippen LogP contribution < -0.4 is 5.32 Å². The summed E-state index contributed by atoms with van der Waals surface area (Å²) < 4.78 is 11.7. The van der Waals surface area contributed by atoms with Crippen molar-refractivity contribution >= 4 is 17.8 Å². The number of likely N-dealkylation sites (tertiary alicyclic amines) is 1. The van der Waals surface area contributed by atoms with Gasteiger partial charge in [-0.1, -0.05) is 43.7 Å². The molecule has 2 amide bonds. The number of amides is 2. The van der Waals surface area contributed by atoms with E-state index in [4.69, 9.17) is 9.47 Å². The van der Waals surface area contributed by atoms with Crippen LogP contribution in [0.3, 0.4) is 0 Å². The van der Waals surface area contributed by atoms with Gasteiger partial charge in [0.05, 0.1) is 37.2 Å². The molecule has 1 unspecified atom stereocenters. The maximum absolute atomic E-state index is 13.9. The molecular formula is C25H34N2O6. The van der Waals surface area contributed by atoms with Crippen molar-refractivity contribution in [2.24, 2.45) is 11.8 Å². The number of aliphatic hydroxyl groups excluding tert-OH is 1. The van der Waals surface area contributed by atoms with Gasteiger partial charge in [-0.05, 0) is 38.7 Å². The molecule has 7 atom stereocenters. The topological polar surface area (TPSA) is 105 Å². The summed E-state index contributed by atoms with van der Waals surface area (Å²) in [6.07, 6.45) is 2.38. The second kappa shape index (κ2) is 9.43. The van der Waals surface area contributed by atoms with Gasteiger partial charge in [0.2, 0.25) is 11.8 Å². The minimum atomic E-state index is -1.10. The molecule has 0 aromatic heterocycles. The van der Waals surface area contributed by atoms with Crippen LogP contribution in [0.4, 0.5) is 0 Å². The molecule has 0 radical (unpaired) electrons. The number of ether oxygens (including phenoxy) is 2. The van der Waals surface area contributed by atoms with Crippen LogP contribution in [0.15, 0.2) is 30.3 Å². The highest BCUT2D eigenvalue weighted by Gasteiger charge is 2.75. The van der Waals surface area contributed by atoms with E-state index < -0.39 is 41.6 Å². The molecule has 3 aliphatic rings. The number of nitrogens with zero attached hydrogens (tertiary/aromatic N) is 1. The van der Waals surface area contributed by atoms with Gasteiger partial charge < -0.3 is 24.8 Å². The summed E-state index contributed by atoms with van der Waals surface area (Å²) in [5, 5.41) is 13.4. The van der Waals surface area contributed by atoms with Crippen molar-refractivity contribution in [3.63, 3.8) is 0 Å². The van der Waals surface area contributed by atoms with E-state index in [-0.39, 0.29) is 31.1 Å². The van der Waals surface area contributed by atoms with Crippen LogP contribution in [-0.4, -0.2) is 64.8 Å². The lowest BCUT2D eigenvalue weighted by Crippen LogP contribution is -2.57. The number of hydrogen-bond donors (Lipinski definition) is 2. The molecule has 1 spiro atoms. The van der Waals surface area contributed by atoms with E-state index in [2.05, 4.69) is 5.32 Å². The molecule has 3 fully saturated rings. The Bertz CT molecular complexity index is 892. The lowest BCUT2D eigenvalue weighted by Gasteiger charge is -2.37. The van der Waals surface area contributed by atoms with Crippen LogP contribution in [0, 0.1) is 11.8 Å². The standard InChI is InChI=1S/C25H34N2O6/c1-4-9-15(3)26-22(29)21-25-13-12-18(33-25)19(24(31)32-5-2)20(25)23(30)27(21)17(14-28)16-10-7-6-8-11-16/h6-8,10-11,15,17-21,28H,4-5,9,12-14H2,1-3H3,(H,26,29)/t15?,17-,18-,19+,20+,21-,25+/m1/s1. The summed E-state index contributed by atoms with van der Waals surface area (Å²) in [4.78, 5) is 41.9. The summed E-state index contributed by atoms with van der Waals surface area (Å²) in [6.45, 7) is 5.58. The lowest BCUT2D eigenvalue weighted by molar-refractivity contribution is -0.155. The third-order valence-corrected chi connectivity index (χ3v) is 7.35. The summed E-state index contributed by atoms with van der Waals surface area (Å²) in [5.74, 6) is -2.63. The first-order chi connectivity index (χ1) is 15.9. The number of hydrogen-bond acceptors (Lipinski definition) is 6. The smallest absolute Gasteiger partial charge is 0.312 e. The van der Waals surface area contributed by atoms with Crippen molar-refractivity contribution in [2.45, 2.75) is 76.3 Å². The zero-order valence-electron chi connectivity index (χ0n) is 19.5. The number of nitrogens with one attached hydrogen (secondary N) is 1. The Kier molecular flexibility index (Phi) is 6.77. The molecule has 2 bridgehead atoms. The number of carbonyl (C=O) groups is 3. The molecule has 0 saturated carbocycles. The van der Waals surface area contributed by atoms with Crippen molar-refractivity contribution in [3.8, 4) is 0 Å². The SMILES string of the molecule is CCCC(C)NC(=O)[C@H]1N([C@H](CO)c2ccccc2)C(=O)[C@@H]2[C@@H](C(=O)OCC)[C@H]3CC[C@]21O3. The second-order valence-corrected chi connectivity index (χ2v) is 9.36. The maximum Gasteiger partial charge on any atom is 0.312 e. The number of fused-ring (bicyclic) bond motifs is 1. The Morgan fingerprint density at radius 2 is 2.03 bits per heavy atom. The number of esters is 1. The van der Waals surface area contributed by atoms with Gasteiger partial charge in [0.15, 0.2) is 0 Å². The third kappa shape index (κ3) is 3.83. The van der Waals surface area contributed by atoms with E-state index in [1.807, 2.05) is 44.2 Å². The van der Waals surface area contributed by atoms with Crippen LogP contribution in [0.25, 0.3) is 0 Å². The van der Waals surface area contributed by atoms with Crippen molar-refractivity contribution < 1.29 is 29.0 Å². The monoisotopic (exact) mass is 458 g/mol. The van der Waals surface area contributed by atoms with Gasteiger partial charge in [-0.25, -0.2) is 0 Å². The van der Waals surface area contributed by atoms with Crippen LogP contribution in [0.2, 0.25) is 0 Å². The fourth-order valence-corrected chi connectivity index (χ4v) is 6.09. The molecule has 3 heterocycles. The number of benzene rings is 1. The van der Waals surface area contributed by atoms with E-state index >= 15 is 0 Å². The fraction of sp³-hybridized carbons (Fsp3) is 0.640. The van der Waals surface area contributed by atoms with E-state index in [0.29, 0.717) is 12.8 Å². The highest BCUT2D eigenvalue weighted by Crippen LogP contribution is 2.59. The summed E-state index contributed by atoms with van der Waals surface area (Å²) in [5.41, 5.74) is -0.372. The van der Waals surface area contributed by atoms with Gasteiger partial charge in [-0.15, -0.1) is 0 Å². The molecule has 2 N–H and O–H groups in total. The van der Waals surface area contributed by atoms with Gasteiger partial charge in [0.1, 0.15) is 11.6 Å². The average molecular weight is 459 g/mol. The molecular weight excluding hydrogens is 424 g/mol. The van der Waals surface area contributed by atoms with E-state index in [0.717, 1.165) is 18.4 Å². The van der Waals surface area contributed by atoms with Gasteiger partial charge in [-0.3, -0.25) is 14.4 Å². The Morgan fingerprint density at radius 1 is 1.30 bits per heavy atom. The molecule has 1 aromatic carbocycles. The first-order valence-electron chi connectivity index (χ1n) is 12.0. The third-order valence-electron chi connectivity index (χ3n) is 7.35. The molecule has 33 heavy (non-hydrogen) atoms. The maximum atomic E-state index is 13.9. The molecule has 1 aromatic rings. The minimum absolute atomic E-state index is 0.0707. The predicted molar refractivity (Wildman–Crippen MR) is 120 cm³/mol. The number of carbonyl (C=O) groups excluding carboxylic acids is 3. The van der Waals surface area contributed by atoms with Gasteiger partial charge in [0, 0.05) is 6.04 Å². The summed E-state index contributed by atoms with van der Waals surface area (Å²) in [6, 6.07) is 7.45. The van der Waals surface area contributed by atoms with Crippen LogP contribution in [-0.2, 0) is 23.9 Å². The molecule has 4 rings (SSSR count). The Morgan fingerprint density at radius 3 is 2.67 bits per heavy atom. The van der Waals surface area contributed by atoms with Crippen LogP contribution in [0.5, 0.6) is 0 Å². The zero-order valence-corrected chi connectivity index (χ0v) is 19.5. The highest BCUT2D eigenvalue weighted by molar-refractivity contribution is 5.98. The van der Waals surface area contributed by atoms with Gasteiger partial charge >= 0.3 is 5.97 Å². The number of rotatable bonds is 9. The van der Waals surface area contributed by atoms with Crippen molar-refractivity contribution in [1.29, 1.82) is 0 Å². The lowest BCUT2D eigenvalue weighted by atomic mass is 9.70. The molecule has 3 aliphatic heterocycles. The normalized spacial score (nSPS) is 31.9. The molecule has 180 valence electrons. The second-order valence-electron chi connectivity index (χ2n) is 9.36. The van der Waals surface area contributed by atoms with Crippen molar-refractivity contribution in [2.75, 3.05) is 13.2 Å². The predicted octanol–water partition coefficient (Wildman–Crippen LogP) is 1.96. The zero-order chi connectivity index (χ0) is 23.8. The van der Waals surface area contributed by atoms with Gasteiger partial charge in [-0.2, -0.15) is 0 Å². The Labute approximate surface area is 194 Å². The van der Waals surface area contributed by atoms with E-state index in [1.54, 1.807) is 6.92 Å². The van der Waals surface area contributed by atoms with Crippen molar-refractivity contribution in [3.05, 3.63) is 35.9 Å². The first kappa shape index (κ1) is 23.7. The van der Waals surface area contributed by atoms with Crippen LogP contribution in [0.1, 0.15) is 58.1 Å². The van der Waals surface area contributed by atoms with Gasteiger partial charge in [0.25, 0.3) is 0 Å². The average Bonchev–Trinajstić information content (AvgIpc) is 3.43. The van der Waals surface area contributed by atoms with E-state index in [1.165, 1.54) is 4.90 Å². The quantitative estimate of drug-likeness (QED) is 0.548. The minimum Gasteiger partial charge on any atom is -0.466 e. The molecule has 8 heteroatoms. The Balaban J connectivity index is 1.77. The van der Waals surface area contributed by atoms with Crippen LogP contribution >= 0.6 is 0 Å². The first-order valence-corrected chi connectivity index (χ1v) is 12.0. The largest absolute Gasteiger partial charge is 0.466 e. The molecule has 3 saturated heterocycles. The van der Waals surface area contributed by atoms with Crippen molar-refractivity contribution in [1.82, 2.24) is 10.2 Å². The van der Waals surface area contributed by atoms with E-state index in [9.17, 15) is 19.5 Å². The number of aliphatic hydroxyl groups is 1. The summed E-state index contributed by atoms with van der Waals surface area (Å²) in [7, 11) is 0. The summed E-state index contributed by atoms with van der Waals surface area (Å²) >= 11 is 0. The Hall–Kier alpha value is -2.45.